The molecule has 2 aliphatic heterocycles. The van der Waals surface area contributed by atoms with Crippen molar-refractivity contribution in [1.82, 2.24) is 15.1 Å². The highest BCUT2D eigenvalue weighted by Crippen LogP contribution is 2.24. The van der Waals surface area contributed by atoms with E-state index < -0.39 is 0 Å². The maximum atomic E-state index is 12.3. The van der Waals surface area contributed by atoms with Gasteiger partial charge in [0.05, 0.1) is 13.1 Å². The summed E-state index contributed by atoms with van der Waals surface area (Å²) in [5.74, 6) is 2.63. The van der Waals surface area contributed by atoms with E-state index in [4.69, 9.17) is 4.42 Å². The van der Waals surface area contributed by atoms with E-state index in [0.29, 0.717) is 19.1 Å². The number of rotatable bonds is 4. The monoisotopic (exact) mass is 291 g/mol. The Labute approximate surface area is 126 Å². The molecule has 1 amide bonds. The quantitative estimate of drug-likeness (QED) is 0.906. The Bertz CT molecular complexity index is 485. The fraction of sp³-hybridized carbons (Fsp3) is 0.688. The summed E-state index contributed by atoms with van der Waals surface area (Å²) < 4.78 is 5.53. The van der Waals surface area contributed by atoms with Gasteiger partial charge in [-0.3, -0.25) is 9.69 Å². The van der Waals surface area contributed by atoms with Crippen LogP contribution < -0.4 is 5.32 Å². The molecule has 2 unspecified atom stereocenters. The number of nitrogens with zero attached hydrogens (tertiary/aromatic N) is 2. The predicted octanol–water partition coefficient (Wildman–Crippen LogP) is 1.23. The summed E-state index contributed by atoms with van der Waals surface area (Å²) in [7, 11) is 1.85. The van der Waals surface area contributed by atoms with E-state index in [-0.39, 0.29) is 5.91 Å². The third kappa shape index (κ3) is 3.47. The zero-order chi connectivity index (χ0) is 14.8. The van der Waals surface area contributed by atoms with Gasteiger partial charge in [0, 0.05) is 26.2 Å². The van der Waals surface area contributed by atoms with Gasteiger partial charge < -0.3 is 14.6 Å². The van der Waals surface area contributed by atoms with E-state index in [2.05, 4.69) is 10.2 Å². The van der Waals surface area contributed by atoms with Crippen molar-refractivity contribution in [2.45, 2.75) is 32.4 Å². The third-order valence-electron chi connectivity index (χ3n) is 4.65. The normalized spacial score (nSPS) is 25.8. The van der Waals surface area contributed by atoms with Crippen LogP contribution in [-0.2, 0) is 11.3 Å². The Morgan fingerprint density at radius 3 is 3.05 bits per heavy atom. The van der Waals surface area contributed by atoms with Crippen molar-refractivity contribution in [3.63, 3.8) is 0 Å². The number of likely N-dealkylation sites (N-methyl/N-ethyl adjacent to an activating group) is 1. The van der Waals surface area contributed by atoms with E-state index in [0.717, 1.165) is 37.1 Å². The minimum Gasteiger partial charge on any atom is -0.464 e. The molecular formula is C16H25N3O2. The maximum absolute atomic E-state index is 12.3. The van der Waals surface area contributed by atoms with Crippen molar-refractivity contribution in [3.05, 3.63) is 23.7 Å². The Morgan fingerprint density at radius 1 is 1.48 bits per heavy atom. The minimum absolute atomic E-state index is 0.169. The van der Waals surface area contributed by atoms with Gasteiger partial charge in [-0.15, -0.1) is 0 Å². The van der Waals surface area contributed by atoms with Crippen molar-refractivity contribution in [2.75, 3.05) is 33.2 Å². The molecule has 2 fully saturated rings. The standard InChI is InChI=1S/C16H25N3O2/c1-12-5-6-14(21-12)9-18(2)16(20)11-19-8-13-4-3-7-17-15(13)10-19/h5-6,13,15,17H,3-4,7-11H2,1-2H3. The summed E-state index contributed by atoms with van der Waals surface area (Å²) in [6, 6.07) is 4.46. The first-order valence-corrected chi connectivity index (χ1v) is 7.87. The fourth-order valence-corrected chi connectivity index (χ4v) is 3.47. The van der Waals surface area contributed by atoms with Crippen LogP contribution in [0.4, 0.5) is 0 Å². The van der Waals surface area contributed by atoms with Crippen LogP contribution in [0.3, 0.4) is 0 Å². The highest BCUT2D eigenvalue weighted by Gasteiger charge is 2.35. The van der Waals surface area contributed by atoms with E-state index in [1.807, 2.05) is 26.1 Å². The summed E-state index contributed by atoms with van der Waals surface area (Å²) in [5.41, 5.74) is 0. The molecule has 2 atom stereocenters. The molecule has 0 saturated carbocycles. The molecular weight excluding hydrogens is 266 g/mol. The molecule has 0 aliphatic carbocycles. The van der Waals surface area contributed by atoms with Crippen molar-refractivity contribution in [3.8, 4) is 0 Å². The van der Waals surface area contributed by atoms with Gasteiger partial charge in [0.2, 0.25) is 5.91 Å². The van der Waals surface area contributed by atoms with Crippen LogP contribution in [-0.4, -0.2) is 55.0 Å². The van der Waals surface area contributed by atoms with Gasteiger partial charge in [0.15, 0.2) is 0 Å². The summed E-state index contributed by atoms with van der Waals surface area (Å²) in [6.45, 7) is 6.17. The number of likely N-dealkylation sites (tertiary alicyclic amines) is 1. The Kier molecular flexibility index (Phi) is 4.31. The zero-order valence-electron chi connectivity index (χ0n) is 13.0. The van der Waals surface area contributed by atoms with Gasteiger partial charge in [-0.1, -0.05) is 0 Å². The molecule has 0 aromatic carbocycles. The number of carbonyl (C=O) groups excluding carboxylic acids is 1. The van der Waals surface area contributed by atoms with E-state index >= 15 is 0 Å². The summed E-state index contributed by atoms with van der Waals surface area (Å²) in [4.78, 5) is 16.4. The Morgan fingerprint density at radius 2 is 2.33 bits per heavy atom. The van der Waals surface area contributed by atoms with Crippen molar-refractivity contribution in [2.24, 2.45) is 5.92 Å². The third-order valence-corrected chi connectivity index (χ3v) is 4.65. The summed E-state index contributed by atoms with van der Waals surface area (Å²) in [6.07, 6.45) is 2.56. The van der Waals surface area contributed by atoms with Crippen molar-refractivity contribution < 1.29 is 9.21 Å². The SMILES string of the molecule is Cc1ccc(CN(C)C(=O)CN2CC3CCCNC3C2)o1. The predicted molar refractivity (Wildman–Crippen MR) is 80.9 cm³/mol. The molecule has 116 valence electrons. The highest BCUT2D eigenvalue weighted by atomic mass is 16.3. The molecule has 2 aliphatic rings. The van der Waals surface area contributed by atoms with Crippen LogP contribution in [0.5, 0.6) is 0 Å². The van der Waals surface area contributed by atoms with E-state index in [9.17, 15) is 4.79 Å². The number of hydrogen-bond acceptors (Lipinski definition) is 4. The van der Waals surface area contributed by atoms with Crippen LogP contribution >= 0.6 is 0 Å². The van der Waals surface area contributed by atoms with Crippen LogP contribution in [0, 0.1) is 12.8 Å². The van der Waals surface area contributed by atoms with E-state index in [1.54, 1.807) is 4.90 Å². The fourth-order valence-electron chi connectivity index (χ4n) is 3.47. The summed E-state index contributed by atoms with van der Waals surface area (Å²) in [5, 5.41) is 3.57. The molecule has 5 nitrogen and oxygen atoms in total. The largest absolute Gasteiger partial charge is 0.464 e. The molecule has 3 heterocycles. The number of nitrogens with one attached hydrogen (secondary N) is 1. The lowest BCUT2D eigenvalue weighted by atomic mass is 9.94. The molecule has 5 heteroatoms. The second-order valence-electron chi connectivity index (χ2n) is 6.42. The average molecular weight is 291 g/mol. The minimum atomic E-state index is 0.169. The lowest BCUT2D eigenvalue weighted by molar-refractivity contribution is -0.131. The number of carbonyl (C=O) groups is 1. The molecule has 1 aromatic rings. The molecule has 3 rings (SSSR count). The number of hydrogen-bond donors (Lipinski definition) is 1. The Hall–Kier alpha value is -1.33. The zero-order valence-corrected chi connectivity index (χ0v) is 13.0. The molecule has 21 heavy (non-hydrogen) atoms. The first kappa shape index (κ1) is 14.6. The van der Waals surface area contributed by atoms with Gasteiger partial charge in [-0.2, -0.15) is 0 Å². The Balaban J connectivity index is 1.49. The number of aryl methyl sites for hydroxylation is 1. The molecule has 0 bridgehead atoms. The van der Waals surface area contributed by atoms with Gasteiger partial charge in [-0.25, -0.2) is 0 Å². The average Bonchev–Trinajstić information content (AvgIpc) is 3.04. The van der Waals surface area contributed by atoms with Gasteiger partial charge in [0.1, 0.15) is 11.5 Å². The lowest BCUT2D eigenvalue weighted by Gasteiger charge is -2.24. The molecule has 1 aromatic heterocycles. The van der Waals surface area contributed by atoms with Crippen LogP contribution in [0.15, 0.2) is 16.5 Å². The van der Waals surface area contributed by atoms with Crippen molar-refractivity contribution >= 4 is 5.91 Å². The van der Waals surface area contributed by atoms with Gasteiger partial charge in [-0.05, 0) is 44.4 Å². The van der Waals surface area contributed by atoms with Crippen LogP contribution in [0.1, 0.15) is 24.4 Å². The maximum Gasteiger partial charge on any atom is 0.236 e. The second kappa shape index (κ2) is 6.20. The first-order chi connectivity index (χ1) is 10.1. The molecule has 2 saturated heterocycles. The van der Waals surface area contributed by atoms with E-state index in [1.165, 1.54) is 12.8 Å². The molecule has 0 spiro atoms. The summed E-state index contributed by atoms with van der Waals surface area (Å²) >= 11 is 0. The smallest absolute Gasteiger partial charge is 0.236 e. The van der Waals surface area contributed by atoms with Gasteiger partial charge >= 0.3 is 0 Å². The second-order valence-corrected chi connectivity index (χ2v) is 6.42. The number of piperidine rings is 1. The number of amides is 1. The van der Waals surface area contributed by atoms with Crippen LogP contribution in [0.2, 0.25) is 0 Å². The topological polar surface area (TPSA) is 48.7 Å². The van der Waals surface area contributed by atoms with Crippen LogP contribution in [0.25, 0.3) is 0 Å². The first-order valence-electron chi connectivity index (χ1n) is 7.87. The molecule has 1 N–H and O–H groups in total. The molecule has 0 radical (unpaired) electrons. The lowest BCUT2D eigenvalue weighted by Crippen LogP contribution is -2.41. The van der Waals surface area contributed by atoms with Gasteiger partial charge in [0.25, 0.3) is 0 Å². The number of furan rings is 1. The number of fused-ring (bicyclic) bond motifs is 1. The highest BCUT2D eigenvalue weighted by molar-refractivity contribution is 5.78. The van der Waals surface area contributed by atoms with Crippen molar-refractivity contribution in [1.29, 1.82) is 0 Å².